The first-order valence-corrected chi connectivity index (χ1v) is 7.73. The summed E-state index contributed by atoms with van der Waals surface area (Å²) in [5.41, 5.74) is 10.5. The van der Waals surface area contributed by atoms with Crippen LogP contribution in [0.2, 0.25) is 0 Å². The van der Waals surface area contributed by atoms with Crippen LogP contribution < -0.4 is 11.1 Å². The number of aliphatic imine (C=N–C) groups is 1. The van der Waals surface area contributed by atoms with Gasteiger partial charge in [0.15, 0.2) is 0 Å². The lowest BCUT2D eigenvalue weighted by atomic mass is 10.0. The normalized spacial score (nSPS) is 11.9. The van der Waals surface area contributed by atoms with Gasteiger partial charge in [-0.15, -0.1) is 0 Å². The Kier molecular flexibility index (Phi) is 5.73. The summed E-state index contributed by atoms with van der Waals surface area (Å²) >= 11 is 0. The third-order valence-corrected chi connectivity index (χ3v) is 3.47. The van der Waals surface area contributed by atoms with Gasteiger partial charge in [0.1, 0.15) is 0 Å². The maximum atomic E-state index is 5.56. The highest BCUT2D eigenvalue weighted by Gasteiger charge is 2.00. The van der Waals surface area contributed by atoms with E-state index in [4.69, 9.17) is 5.73 Å². The molecule has 3 heteroatoms. The predicted octanol–water partition coefficient (Wildman–Crippen LogP) is 3.73. The van der Waals surface area contributed by atoms with Gasteiger partial charge in [-0.05, 0) is 29.2 Å². The molecule has 0 bridgehead atoms. The molecule has 116 valence electrons. The van der Waals surface area contributed by atoms with Crippen molar-refractivity contribution in [2.24, 2.45) is 10.7 Å². The lowest BCUT2D eigenvalue weighted by Crippen LogP contribution is -2.21. The van der Waals surface area contributed by atoms with E-state index in [2.05, 4.69) is 72.7 Å². The van der Waals surface area contributed by atoms with E-state index in [9.17, 15) is 0 Å². The Morgan fingerprint density at radius 1 is 0.955 bits per heavy atom. The number of nitrogens with one attached hydrogen (secondary N) is 1. The SMILES string of the molecule is CC(N)=NCc1ccc(-c2ccc(CNC(C)C)cc2)cc1. The van der Waals surface area contributed by atoms with Crippen molar-refractivity contribution in [1.29, 1.82) is 0 Å². The van der Waals surface area contributed by atoms with Crippen LogP contribution in [0.5, 0.6) is 0 Å². The number of nitrogens with two attached hydrogens (primary N) is 1. The summed E-state index contributed by atoms with van der Waals surface area (Å²) in [6, 6.07) is 17.7. The van der Waals surface area contributed by atoms with Crippen LogP contribution in [0.1, 0.15) is 31.9 Å². The minimum Gasteiger partial charge on any atom is -0.388 e. The summed E-state index contributed by atoms with van der Waals surface area (Å²) in [6.45, 7) is 7.68. The fraction of sp³-hybridized carbons (Fsp3) is 0.316. The molecule has 0 saturated heterocycles. The van der Waals surface area contributed by atoms with Gasteiger partial charge in [0.2, 0.25) is 0 Å². The fourth-order valence-corrected chi connectivity index (χ4v) is 2.16. The average Bonchev–Trinajstić information content (AvgIpc) is 2.52. The largest absolute Gasteiger partial charge is 0.388 e. The number of benzene rings is 2. The van der Waals surface area contributed by atoms with Crippen LogP contribution in [0.15, 0.2) is 53.5 Å². The van der Waals surface area contributed by atoms with Gasteiger partial charge in [0.05, 0.1) is 12.4 Å². The van der Waals surface area contributed by atoms with E-state index >= 15 is 0 Å². The number of rotatable bonds is 6. The molecule has 2 aromatic rings. The first-order valence-electron chi connectivity index (χ1n) is 7.73. The zero-order valence-corrected chi connectivity index (χ0v) is 13.6. The first-order chi connectivity index (χ1) is 10.5. The van der Waals surface area contributed by atoms with Gasteiger partial charge in [-0.1, -0.05) is 62.4 Å². The van der Waals surface area contributed by atoms with Gasteiger partial charge in [0.25, 0.3) is 0 Å². The molecule has 0 heterocycles. The van der Waals surface area contributed by atoms with Crippen molar-refractivity contribution in [1.82, 2.24) is 5.32 Å². The number of hydrogen-bond donors (Lipinski definition) is 2. The molecule has 0 unspecified atom stereocenters. The van der Waals surface area contributed by atoms with Crippen LogP contribution >= 0.6 is 0 Å². The Bertz CT molecular complexity index is 606. The summed E-state index contributed by atoms with van der Waals surface area (Å²) in [5.74, 6) is 0.620. The second kappa shape index (κ2) is 7.76. The van der Waals surface area contributed by atoms with Gasteiger partial charge in [-0.3, -0.25) is 4.99 Å². The molecule has 2 rings (SSSR count). The Morgan fingerprint density at radius 3 is 1.91 bits per heavy atom. The summed E-state index contributed by atoms with van der Waals surface area (Å²) in [5, 5.41) is 3.43. The lowest BCUT2D eigenvalue weighted by Gasteiger charge is -2.09. The van der Waals surface area contributed by atoms with E-state index in [1.54, 1.807) is 0 Å². The second-order valence-corrected chi connectivity index (χ2v) is 5.89. The van der Waals surface area contributed by atoms with E-state index in [0.717, 1.165) is 6.54 Å². The van der Waals surface area contributed by atoms with E-state index in [0.29, 0.717) is 18.4 Å². The highest BCUT2D eigenvalue weighted by molar-refractivity contribution is 5.77. The molecular formula is C19H25N3. The molecule has 0 aromatic heterocycles. The molecule has 0 aliphatic heterocycles. The number of nitrogens with zero attached hydrogens (tertiary/aromatic N) is 1. The summed E-state index contributed by atoms with van der Waals surface area (Å²) in [6.07, 6.45) is 0. The quantitative estimate of drug-likeness (QED) is 0.630. The molecule has 0 fully saturated rings. The van der Waals surface area contributed by atoms with E-state index in [1.165, 1.54) is 22.3 Å². The molecule has 0 atom stereocenters. The minimum absolute atomic E-state index is 0.507. The standard InChI is InChI=1S/C19H25N3/c1-14(2)21-12-16-4-8-18(9-5-16)19-10-6-17(7-11-19)13-22-15(3)20/h4-11,14,21H,12-13H2,1-3H3,(H2,20,22). The van der Waals surface area contributed by atoms with E-state index < -0.39 is 0 Å². The molecule has 3 N–H and O–H groups in total. The smallest absolute Gasteiger partial charge is 0.0909 e. The van der Waals surface area contributed by atoms with Crippen LogP contribution in [-0.2, 0) is 13.1 Å². The summed E-state index contributed by atoms with van der Waals surface area (Å²) in [7, 11) is 0. The van der Waals surface area contributed by atoms with Crippen molar-refractivity contribution in [2.45, 2.75) is 39.9 Å². The van der Waals surface area contributed by atoms with Crippen molar-refractivity contribution < 1.29 is 0 Å². The molecule has 0 saturated carbocycles. The molecule has 0 aliphatic rings. The Labute approximate surface area is 133 Å². The highest BCUT2D eigenvalue weighted by atomic mass is 14.9. The average molecular weight is 295 g/mol. The van der Waals surface area contributed by atoms with Crippen LogP contribution in [-0.4, -0.2) is 11.9 Å². The molecule has 2 aromatic carbocycles. The monoisotopic (exact) mass is 295 g/mol. The molecule has 0 spiro atoms. The predicted molar refractivity (Wildman–Crippen MR) is 94.9 cm³/mol. The van der Waals surface area contributed by atoms with Crippen molar-refractivity contribution >= 4 is 5.84 Å². The minimum atomic E-state index is 0.507. The van der Waals surface area contributed by atoms with E-state index in [-0.39, 0.29) is 0 Å². The van der Waals surface area contributed by atoms with E-state index in [1.807, 2.05) is 6.92 Å². The van der Waals surface area contributed by atoms with Crippen LogP contribution in [0.4, 0.5) is 0 Å². The Balaban J connectivity index is 2.03. The zero-order chi connectivity index (χ0) is 15.9. The third-order valence-electron chi connectivity index (χ3n) is 3.47. The maximum Gasteiger partial charge on any atom is 0.0909 e. The van der Waals surface area contributed by atoms with Gasteiger partial charge in [0, 0.05) is 12.6 Å². The van der Waals surface area contributed by atoms with Crippen molar-refractivity contribution in [2.75, 3.05) is 0 Å². The third kappa shape index (κ3) is 5.01. The Morgan fingerprint density at radius 2 is 1.45 bits per heavy atom. The maximum absolute atomic E-state index is 5.56. The zero-order valence-electron chi connectivity index (χ0n) is 13.6. The van der Waals surface area contributed by atoms with Crippen LogP contribution in [0, 0.1) is 0 Å². The molecule has 0 radical (unpaired) electrons. The van der Waals surface area contributed by atoms with Gasteiger partial charge >= 0.3 is 0 Å². The van der Waals surface area contributed by atoms with Crippen molar-refractivity contribution in [3.8, 4) is 11.1 Å². The molecule has 22 heavy (non-hydrogen) atoms. The van der Waals surface area contributed by atoms with Crippen LogP contribution in [0.3, 0.4) is 0 Å². The lowest BCUT2D eigenvalue weighted by molar-refractivity contribution is 0.589. The summed E-state index contributed by atoms with van der Waals surface area (Å²) < 4.78 is 0. The number of hydrogen-bond acceptors (Lipinski definition) is 2. The van der Waals surface area contributed by atoms with Crippen molar-refractivity contribution in [3.05, 3.63) is 59.7 Å². The topological polar surface area (TPSA) is 50.4 Å². The molecule has 0 amide bonds. The van der Waals surface area contributed by atoms with Crippen molar-refractivity contribution in [3.63, 3.8) is 0 Å². The Hall–Kier alpha value is -2.13. The summed E-state index contributed by atoms with van der Waals surface area (Å²) in [4.78, 5) is 4.23. The van der Waals surface area contributed by atoms with Gasteiger partial charge in [-0.2, -0.15) is 0 Å². The fourth-order valence-electron chi connectivity index (χ4n) is 2.16. The molecular weight excluding hydrogens is 270 g/mol. The number of amidine groups is 1. The highest BCUT2D eigenvalue weighted by Crippen LogP contribution is 2.20. The van der Waals surface area contributed by atoms with Crippen LogP contribution in [0.25, 0.3) is 11.1 Å². The van der Waals surface area contributed by atoms with Gasteiger partial charge < -0.3 is 11.1 Å². The van der Waals surface area contributed by atoms with Gasteiger partial charge in [-0.25, -0.2) is 0 Å². The molecule has 0 aliphatic carbocycles. The molecule has 3 nitrogen and oxygen atoms in total. The first kappa shape index (κ1) is 16.2. The second-order valence-electron chi connectivity index (χ2n) is 5.89.